The van der Waals surface area contributed by atoms with Crippen molar-refractivity contribution in [2.24, 2.45) is 0 Å². The number of rotatable bonds is 2. The maximum atomic E-state index is 3.68. The van der Waals surface area contributed by atoms with Gasteiger partial charge in [0.2, 0.25) is 0 Å². The minimum Gasteiger partial charge on any atom is -0.370 e. The summed E-state index contributed by atoms with van der Waals surface area (Å²) in [4.78, 5) is 5.16. The van der Waals surface area contributed by atoms with Gasteiger partial charge in [0, 0.05) is 40.7 Å². The Hall–Kier alpha value is -0.0600. The molecule has 3 rings (SSSR count). The van der Waals surface area contributed by atoms with Gasteiger partial charge < -0.3 is 4.90 Å². The number of likely N-dealkylation sites (N-methyl/N-ethyl adjacent to an activating group) is 1. The van der Waals surface area contributed by atoms with Gasteiger partial charge in [-0.25, -0.2) is 0 Å². The molecule has 0 aromatic heterocycles. The lowest BCUT2D eigenvalue weighted by Crippen LogP contribution is -2.36. The highest BCUT2D eigenvalue weighted by atomic mass is 79.9. The van der Waals surface area contributed by atoms with Crippen LogP contribution in [0.5, 0.6) is 0 Å². The highest BCUT2D eigenvalue weighted by molar-refractivity contribution is 9.10. The topological polar surface area (TPSA) is 6.48 Å². The van der Waals surface area contributed by atoms with Gasteiger partial charge in [-0.15, -0.1) is 0 Å². The van der Waals surface area contributed by atoms with Crippen molar-refractivity contribution in [3.05, 3.63) is 28.2 Å². The molecule has 0 radical (unpaired) electrons. The van der Waals surface area contributed by atoms with Crippen LogP contribution in [0.4, 0.5) is 5.69 Å². The number of alkyl halides is 1. The predicted octanol–water partition coefficient (Wildman–Crippen LogP) is 4.02. The van der Waals surface area contributed by atoms with Crippen LogP contribution in [0.25, 0.3) is 0 Å². The Kier molecular flexibility index (Phi) is 4.20. The molecule has 2 nitrogen and oxygen atoms in total. The average Bonchev–Trinajstić information content (AvgIpc) is 2.63. The molecular weight excluding hydrogens is 368 g/mol. The van der Waals surface area contributed by atoms with Gasteiger partial charge in [-0.3, -0.25) is 4.90 Å². The molecule has 1 aromatic carbocycles. The van der Waals surface area contributed by atoms with E-state index in [0.717, 1.165) is 17.4 Å². The van der Waals surface area contributed by atoms with Gasteiger partial charge in [-0.05, 0) is 44.0 Å². The van der Waals surface area contributed by atoms with Crippen LogP contribution >= 0.6 is 31.9 Å². The monoisotopic (exact) mass is 386 g/mol. The zero-order valence-corrected chi connectivity index (χ0v) is 14.5. The van der Waals surface area contributed by atoms with E-state index in [9.17, 15) is 0 Å². The molecule has 0 amide bonds. The van der Waals surface area contributed by atoms with E-state index in [2.05, 4.69) is 66.9 Å². The Morgan fingerprint density at radius 2 is 2.00 bits per heavy atom. The van der Waals surface area contributed by atoms with Crippen molar-refractivity contribution in [1.29, 1.82) is 0 Å². The van der Waals surface area contributed by atoms with Gasteiger partial charge in [-0.1, -0.05) is 37.9 Å². The van der Waals surface area contributed by atoms with Crippen molar-refractivity contribution in [2.45, 2.75) is 36.7 Å². The molecular formula is C15H20Br2N2. The summed E-state index contributed by atoms with van der Waals surface area (Å²) in [6, 6.07) is 8.30. The summed E-state index contributed by atoms with van der Waals surface area (Å²) in [6.07, 6.45) is 4.05. The first-order valence-electron chi connectivity index (χ1n) is 7.00. The zero-order chi connectivity index (χ0) is 13.4. The molecule has 104 valence electrons. The van der Waals surface area contributed by atoms with E-state index < -0.39 is 0 Å². The third kappa shape index (κ3) is 2.72. The number of fused-ring (bicyclic) bond motifs is 2. The Bertz CT molecular complexity index is 463. The zero-order valence-electron chi connectivity index (χ0n) is 11.3. The smallest absolute Gasteiger partial charge is 0.0378 e. The average molecular weight is 388 g/mol. The van der Waals surface area contributed by atoms with Gasteiger partial charge in [0.15, 0.2) is 0 Å². The third-order valence-electron chi connectivity index (χ3n) is 4.69. The van der Waals surface area contributed by atoms with Gasteiger partial charge in [0.25, 0.3) is 0 Å². The number of anilines is 1. The van der Waals surface area contributed by atoms with Crippen molar-refractivity contribution in [3.63, 3.8) is 0 Å². The minimum absolute atomic E-state index is 0.738. The van der Waals surface area contributed by atoms with Crippen molar-refractivity contribution in [1.82, 2.24) is 4.90 Å². The van der Waals surface area contributed by atoms with Gasteiger partial charge >= 0.3 is 0 Å². The Balaban J connectivity index is 1.81. The maximum Gasteiger partial charge on any atom is 0.0378 e. The Labute approximate surface area is 132 Å². The molecule has 2 unspecified atom stereocenters. The highest BCUT2D eigenvalue weighted by Gasteiger charge is 2.34. The predicted molar refractivity (Wildman–Crippen MR) is 88.2 cm³/mol. The summed E-state index contributed by atoms with van der Waals surface area (Å²) in [7, 11) is 2.30. The molecule has 0 saturated carbocycles. The molecule has 0 N–H and O–H groups in total. The molecule has 2 aliphatic rings. The lowest BCUT2D eigenvalue weighted by molar-refractivity contribution is 0.254. The second-order valence-corrected chi connectivity index (χ2v) is 7.11. The second kappa shape index (κ2) is 5.74. The lowest BCUT2D eigenvalue weighted by atomic mass is 10.1. The number of nitrogens with zero attached hydrogens (tertiary/aromatic N) is 2. The number of benzene rings is 1. The van der Waals surface area contributed by atoms with Crippen LogP contribution in [-0.2, 0) is 5.33 Å². The lowest BCUT2D eigenvalue weighted by Gasteiger charge is -2.28. The first-order chi connectivity index (χ1) is 9.19. The quantitative estimate of drug-likeness (QED) is 0.707. The summed E-state index contributed by atoms with van der Waals surface area (Å²) < 4.78 is 1.21. The molecule has 2 saturated heterocycles. The molecule has 2 atom stereocenters. The fourth-order valence-electron chi connectivity index (χ4n) is 3.38. The number of hydrogen-bond acceptors (Lipinski definition) is 2. The van der Waals surface area contributed by atoms with E-state index >= 15 is 0 Å². The molecule has 0 spiro atoms. The van der Waals surface area contributed by atoms with Gasteiger partial charge in [0.05, 0.1) is 0 Å². The van der Waals surface area contributed by atoms with Crippen LogP contribution < -0.4 is 4.90 Å². The fourth-order valence-corrected chi connectivity index (χ4v) is 4.76. The van der Waals surface area contributed by atoms with Crippen molar-refractivity contribution >= 4 is 37.5 Å². The molecule has 19 heavy (non-hydrogen) atoms. The molecule has 2 bridgehead atoms. The van der Waals surface area contributed by atoms with E-state index in [1.54, 1.807) is 0 Å². The maximum absolute atomic E-state index is 3.68. The van der Waals surface area contributed by atoms with E-state index in [1.807, 2.05) is 0 Å². The molecule has 1 aromatic rings. The van der Waals surface area contributed by atoms with Crippen LogP contribution in [0.3, 0.4) is 0 Å². The molecule has 2 aliphatic heterocycles. The van der Waals surface area contributed by atoms with E-state index in [-0.39, 0.29) is 0 Å². The van der Waals surface area contributed by atoms with Crippen LogP contribution in [0.2, 0.25) is 0 Å². The number of halogens is 2. The minimum atomic E-state index is 0.738. The summed E-state index contributed by atoms with van der Waals surface area (Å²) >= 11 is 7.20. The molecule has 0 aliphatic carbocycles. The van der Waals surface area contributed by atoms with Crippen molar-refractivity contribution in [3.8, 4) is 0 Å². The third-order valence-corrected chi connectivity index (χ3v) is 6.04. The normalized spacial score (nSPS) is 27.6. The van der Waals surface area contributed by atoms with Crippen LogP contribution in [0.15, 0.2) is 22.7 Å². The van der Waals surface area contributed by atoms with Gasteiger partial charge in [0.1, 0.15) is 0 Å². The first kappa shape index (κ1) is 13.9. The van der Waals surface area contributed by atoms with E-state index in [0.29, 0.717) is 0 Å². The fraction of sp³-hybridized carbons (Fsp3) is 0.600. The highest BCUT2D eigenvalue weighted by Crippen LogP contribution is 2.32. The Morgan fingerprint density at radius 3 is 2.74 bits per heavy atom. The molecule has 2 fully saturated rings. The standard InChI is InChI=1S/C15H20Br2N2/c1-18-12-4-5-14(18)10-19(7-6-12)13-3-2-11(9-16)15(17)8-13/h2-3,8,12,14H,4-7,9-10H2,1H3. The SMILES string of the molecule is CN1C2CCC1CN(c1ccc(CBr)c(Br)c1)CC2. The number of hydrogen-bond donors (Lipinski definition) is 0. The van der Waals surface area contributed by atoms with Crippen molar-refractivity contribution in [2.75, 3.05) is 25.0 Å². The summed E-state index contributed by atoms with van der Waals surface area (Å²) in [5.41, 5.74) is 2.68. The van der Waals surface area contributed by atoms with Crippen LogP contribution in [0.1, 0.15) is 24.8 Å². The summed E-state index contributed by atoms with van der Waals surface area (Å²) in [5, 5.41) is 0.904. The van der Waals surface area contributed by atoms with Crippen LogP contribution in [0, 0.1) is 0 Å². The largest absolute Gasteiger partial charge is 0.370 e. The van der Waals surface area contributed by atoms with E-state index in [1.165, 1.54) is 48.1 Å². The van der Waals surface area contributed by atoms with Crippen molar-refractivity contribution < 1.29 is 0 Å². The molecule has 4 heteroatoms. The second-order valence-electron chi connectivity index (χ2n) is 5.69. The van der Waals surface area contributed by atoms with Crippen LogP contribution in [-0.4, -0.2) is 37.1 Å². The van der Waals surface area contributed by atoms with Gasteiger partial charge in [-0.2, -0.15) is 0 Å². The Morgan fingerprint density at radius 1 is 1.21 bits per heavy atom. The van der Waals surface area contributed by atoms with E-state index in [4.69, 9.17) is 0 Å². The summed E-state index contributed by atoms with van der Waals surface area (Å²) in [5.74, 6) is 0. The summed E-state index contributed by atoms with van der Waals surface area (Å²) in [6.45, 7) is 2.36. The molecule has 2 heterocycles. The first-order valence-corrected chi connectivity index (χ1v) is 8.91.